The summed E-state index contributed by atoms with van der Waals surface area (Å²) in [4.78, 5) is 2.39. The monoisotopic (exact) mass is 363 g/mol. The molecule has 1 aromatic carbocycles. The first-order valence-corrected chi connectivity index (χ1v) is 9.38. The van der Waals surface area contributed by atoms with E-state index in [1.54, 1.807) is 30.1 Å². The van der Waals surface area contributed by atoms with E-state index >= 15 is 0 Å². The molecule has 6 nitrogen and oxygen atoms in total. The number of phenolic OH excluding ortho intramolecular Hbond substituents is 1. The number of anilines is 2. The number of hydrogen-bond acceptors (Lipinski definition) is 7. The maximum absolute atomic E-state index is 10.2. The van der Waals surface area contributed by atoms with Crippen LogP contribution in [-0.2, 0) is 0 Å². The van der Waals surface area contributed by atoms with Gasteiger partial charge in [0.05, 0.1) is 22.4 Å². The van der Waals surface area contributed by atoms with Gasteiger partial charge in [0, 0.05) is 31.7 Å². The summed E-state index contributed by atoms with van der Waals surface area (Å²) >= 11 is 7.81. The average Bonchev–Trinajstić information content (AvgIpc) is 2.63. The summed E-state index contributed by atoms with van der Waals surface area (Å²) in [7, 11) is 0. The molecule has 0 spiro atoms. The smallest absolute Gasteiger partial charge is 0.172 e. The largest absolute Gasteiger partial charge is 0.506 e. The maximum atomic E-state index is 10.2. The van der Waals surface area contributed by atoms with Gasteiger partial charge in [0.15, 0.2) is 5.82 Å². The van der Waals surface area contributed by atoms with Crippen molar-refractivity contribution in [1.29, 1.82) is 0 Å². The summed E-state index contributed by atoms with van der Waals surface area (Å²) in [6.07, 6.45) is 2.12. The van der Waals surface area contributed by atoms with Gasteiger partial charge in [0.1, 0.15) is 5.75 Å². The number of hydrogen-bond donors (Lipinski definition) is 2. The van der Waals surface area contributed by atoms with Gasteiger partial charge in [-0.2, -0.15) is 0 Å². The molecule has 8 heteroatoms. The number of nitrogens with zero attached hydrogens (tertiary/aromatic N) is 4. The second kappa shape index (κ2) is 6.31. The minimum atomic E-state index is 0.0425. The van der Waals surface area contributed by atoms with Gasteiger partial charge in [-0.1, -0.05) is 29.6 Å². The van der Waals surface area contributed by atoms with Crippen molar-refractivity contribution in [1.82, 2.24) is 14.5 Å². The van der Waals surface area contributed by atoms with E-state index < -0.39 is 0 Å². The number of phenols is 1. The molecule has 4 rings (SSSR count). The van der Waals surface area contributed by atoms with Crippen molar-refractivity contribution < 1.29 is 5.11 Å². The van der Waals surface area contributed by atoms with Gasteiger partial charge in [0.25, 0.3) is 0 Å². The SMILES string of the molecule is CSN1CCN2c3cc(-c4cccc(Cl)c4O)nnc3NC[C@@H]2C1. The van der Waals surface area contributed by atoms with E-state index in [9.17, 15) is 5.11 Å². The Kier molecular flexibility index (Phi) is 4.15. The molecule has 3 heterocycles. The minimum Gasteiger partial charge on any atom is -0.506 e. The number of benzene rings is 1. The maximum Gasteiger partial charge on any atom is 0.172 e. The molecule has 1 fully saturated rings. The lowest BCUT2D eigenvalue weighted by atomic mass is 10.1. The van der Waals surface area contributed by atoms with Crippen LogP contribution in [0.4, 0.5) is 11.5 Å². The second-order valence-corrected chi connectivity index (χ2v) is 7.19. The Bertz CT molecular complexity index is 774. The molecule has 0 bridgehead atoms. The first-order chi connectivity index (χ1) is 11.7. The molecule has 1 saturated heterocycles. The van der Waals surface area contributed by atoms with Crippen molar-refractivity contribution in [2.45, 2.75) is 6.04 Å². The molecule has 2 aromatic rings. The van der Waals surface area contributed by atoms with Gasteiger partial charge in [-0.3, -0.25) is 0 Å². The van der Waals surface area contributed by atoms with Crippen LogP contribution in [0.3, 0.4) is 0 Å². The van der Waals surface area contributed by atoms with E-state index in [4.69, 9.17) is 11.6 Å². The summed E-state index contributed by atoms with van der Waals surface area (Å²) in [5.74, 6) is 0.843. The summed E-state index contributed by atoms with van der Waals surface area (Å²) in [6.45, 7) is 3.83. The Morgan fingerprint density at radius 3 is 3.04 bits per heavy atom. The van der Waals surface area contributed by atoms with Crippen molar-refractivity contribution in [3.8, 4) is 17.0 Å². The molecule has 0 aliphatic carbocycles. The summed E-state index contributed by atoms with van der Waals surface area (Å²) in [5.41, 5.74) is 2.27. The fourth-order valence-corrected chi connectivity index (χ4v) is 4.04. The predicted octanol–water partition coefficient (Wildman–Crippen LogP) is 2.70. The average molecular weight is 364 g/mol. The van der Waals surface area contributed by atoms with Crippen LogP contribution in [0.15, 0.2) is 24.3 Å². The van der Waals surface area contributed by atoms with Crippen molar-refractivity contribution >= 4 is 35.1 Å². The number of fused-ring (bicyclic) bond motifs is 3. The van der Waals surface area contributed by atoms with Gasteiger partial charge in [-0.25, -0.2) is 4.31 Å². The molecule has 0 unspecified atom stereocenters. The summed E-state index contributed by atoms with van der Waals surface area (Å²) in [5, 5.41) is 22.5. The summed E-state index contributed by atoms with van der Waals surface area (Å²) in [6, 6.07) is 7.66. The number of aromatic hydroxyl groups is 1. The highest BCUT2D eigenvalue weighted by molar-refractivity contribution is 7.96. The van der Waals surface area contributed by atoms with E-state index in [0.717, 1.165) is 37.7 Å². The topological polar surface area (TPSA) is 64.5 Å². The lowest BCUT2D eigenvalue weighted by molar-refractivity contribution is 0.364. The van der Waals surface area contributed by atoms with Gasteiger partial charge in [-0.15, -0.1) is 10.2 Å². The molecule has 2 aliphatic rings. The fourth-order valence-electron chi connectivity index (χ4n) is 3.28. The lowest BCUT2D eigenvalue weighted by Gasteiger charge is -2.45. The molecule has 0 saturated carbocycles. The Balaban J connectivity index is 1.72. The Hall–Kier alpha value is -1.70. The van der Waals surface area contributed by atoms with Crippen LogP contribution in [0.2, 0.25) is 5.02 Å². The Labute approximate surface area is 149 Å². The second-order valence-electron chi connectivity index (χ2n) is 5.90. The van der Waals surface area contributed by atoms with Crippen LogP contribution in [0.25, 0.3) is 11.3 Å². The molecule has 2 N–H and O–H groups in total. The van der Waals surface area contributed by atoms with E-state index in [-0.39, 0.29) is 5.75 Å². The zero-order chi connectivity index (χ0) is 16.7. The van der Waals surface area contributed by atoms with Gasteiger partial charge in [-0.05, 0) is 24.5 Å². The van der Waals surface area contributed by atoms with E-state index in [2.05, 4.69) is 31.0 Å². The quantitative estimate of drug-likeness (QED) is 0.795. The van der Waals surface area contributed by atoms with E-state index in [1.165, 1.54) is 0 Å². The van der Waals surface area contributed by atoms with Gasteiger partial charge < -0.3 is 15.3 Å². The van der Waals surface area contributed by atoms with Crippen molar-refractivity contribution in [2.24, 2.45) is 0 Å². The van der Waals surface area contributed by atoms with Crippen LogP contribution in [0.1, 0.15) is 0 Å². The van der Waals surface area contributed by atoms with Crippen molar-refractivity contribution in [3.63, 3.8) is 0 Å². The molecular formula is C16H18ClN5OS. The summed E-state index contributed by atoms with van der Waals surface area (Å²) < 4.78 is 2.38. The molecule has 1 atom stereocenters. The van der Waals surface area contributed by atoms with Crippen molar-refractivity contribution in [2.75, 3.05) is 42.7 Å². The lowest BCUT2D eigenvalue weighted by Crippen LogP contribution is -2.56. The predicted molar refractivity (Wildman–Crippen MR) is 98.9 cm³/mol. The van der Waals surface area contributed by atoms with E-state index in [0.29, 0.717) is 22.3 Å². The first kappa shape index (κ1) is 15.8. The molecule has 2 aliphatic heterocycles. The normalized spacial score (nSPS) is 20.2. The number of rotatable bonds is 2. The third-order valence-corrected chi connectivity index (χ3v) is 5.71. The standard InChI is InChI=1S/C16H18ClN5OS/c1-24-21-5-6-22-10(9-21)8-18-16-14(22)7-13(19-20-16)11-3-2-4-12(17)15(11)23/h2-4,7,10,23H,5-6,8-9H2,1H3,(H,18,20)/t10-/m1/s1. The number of para-hydroxylation sites is 1. The van der Waals surface area contributed by atoms with Gasteiger partial charge >= 0.3 is 0 Å². The van der Waals surface area contributed by atoms with Crippen LogP contribution < -0.4 is 10.2 Å². The van der Waals surface area contributed by atoms with E-state index in [1.807, 2.05) is 6.07 Å². The fraction of sp³-hybridized carbons (Fsp3) is 0.375. The number of piperazine rings is 1. The van der Waals surface area contributed by atoms with Crippen LogP contribution in [0, 0.1) is 0 Å². The zero-order valence-corrected chi connectivity index (χ0v) is 14.8. The highest BCUT2D eigenvalue weighted by Crippen LogP contribution is 2.38. The zero-order valence-electron chi connectivity index (χ0n) is 13.2. The van der Waals surface area contributed by atoms with Crippen molar-refractivity contribution in [3.05, 3.63) is 29.3 Å². The molecule has 1 aromatic heterocycles. The highest BCUT2D eigenvalue weighted by Gasteiger charge is 2.32. The number of aromatic nitrogens is 2. The molecule has 24 heavy (non-hydrogen) atoms. The van der Waals surface area contributed by atoms with Crippen LogP contribution in [0.5, 0.6) is 5.75 Å². The van der Waals surface area contributed by atoms with Crippen LogP contribution in [-0.4, -0.2) is 58.1 Å². The number of nitrogens with one attached hydrogen (secondary N) is 1. The highest BCUT2D eigenvalue weighted by atomic mass is 35.5. The van der Waals surface area contributed by atoms with Gasteiger partial charge in [0.2, 0.25) is 0 Å². The third-order valence-electron chi connectivity index (χ3n) is 4.55. The third kappa shape index (κ3) is 2.66. The molecule has 0 amide bonds. The molecule has 0 radical (unpaired) electrons. The Morgan fingerprint density at radius 1 is 1.33 bits per heavy atom. The Morgan fingerprint density at radius 2 is 2.21 bits per heavy atom. The first-order valence-electron chi connectivity index (χ1n) is 7.82. The number of halogens is 1. The van der Waals surface area contributed by atoms with Crippen LogP contribution >= 0.6 is 23.5 Å². The molecular weight excluding hydrogens is 346 g/mol. The minimum absolute atomic E-state index is 0.0425. The molecule has 126 valence electrons.